The average molecular weight is 339 g/mol. The number of nitrogens with two attached hydrogens (primary N) is 1. The standard InChI is InChI=1S/C13H20Cl2N2O2S/c1-9(2)7-13(3,8-16)17-20(18,19)12-5-10(14)4-11(15)6-12/h4-6,9,17H,7-8,16H2,1-3H3. The van der Waals surface area contributed by atoms with Crippen LogP contribution in [0.1, 0.15) is 27.2 Å². The second-order valence-corrected chi connectivity index (χ2v) is 8.13. The maximum absolute atomic E-state index is 12.4. The molecular weight excluding hydrogens is 319 g/mol. The summed E-state index contributed by atoms with van der Waals surface area (Å²) in [5.74, 6) is 0.314. The van der Waals surface area contributed by atoms with Gasteiger partial charge in [0, 0.05) is 22.1 Å². The molecule has 0 saturated heterocycles. The van der Waals surface area contributed by atoms with E-state index >= 15 is 0 Å². The Kier molecular flexibility index (Phi) is 5.87. The molecular formula is C13H20Cl2N2O2S. The highest BCUT2D eigenvalue weighted by Crippen LogP contribution is 2.24. The number of hydrogen-bond acceptors (Lipinski definition) is 3. The van der Waals surface area contributed by atoms with Crippen LogP contribution in [0.3, 0.4) is 0 Å². The molecule has 0 aliphatic carbocycles. The van der Waals surface area contributed by atoms with Crippen LogP contribution in [-0.2, 0) is 10.0 Å². The molecule has 3 N–H and O–H groups in total. The van der Waals surface area contributed by atoms with Crippen LogP contribution in [0.25, 0.3) is 0 Å². The van der Waals surface area contributed by atoms with Crippen LogP contribution in [0.5, 0.6) is 0 Å². The Morgan fingerprint density at radius 2 is 1.75 bits per heavy atom. The van der Waals surface area contributed by atoms with Crippen molar-refractivity contribution >= 4 is 33.2 Å². The molecule has 0 saturated carbocycles. The first-order valence-electron chi connectivity index (χ1n) is 6.28. The first-order valence-corrected chi connectivity index (χ1v) is 8.52. The maximum Gasteiger partial charge on any atom is 0.241 e. The maximum atomic E-state index is 12.4. The van der Waals surface area contributed by atoms with Crippen LogP contribution < -0.4 is 10.5 Å². The third-order valence-electron chi connectivity index (χ3n) is 2.84. The fourth-order valence-electron chi connectivity index (χ4n) is 2.13. The summed E-state index contributed by atoms with van der Waals surface area (Å²) in [5, 5.41) is 0.548. The fourth-order valence-corrected chi connectivity index (χ4v) is 4.29. The molecule has 20 heavy (non-hydrogen) atoms. The normalized spacial score (nSPS) is 15.3. The van der Waals surface area contributed by atoms with Crippen LogP contribution in [0.2, 0.25) is 10.0 Å². The molecule has 0 radical (unpaired) electrons. The van der Waals surface area contributed by atoms with Crippen molar-refractivity contribution in [1.29, 1.82) is 0 Å². The molecule has 0 aromatic heterocycles. The van der Waals surface area contributed by atoms with Gasteiger partial charge in [0.05, 0.1) is 4.90 Å². The molecule has 1 aromatic carbocycles. The van der Waals surface area contributed by atoms with Crippen molar-refractivity contribution in [3.63, 3.8) is 0 Å². The monoisotopic (exact) mass is 338 g/mol. The Labute approximate surface area is 130 Å². The predicted octanol–water partition coefficient (Wildman–Crippen LogP) is 3.04. The van der Waals surface area contributed by atoms with E-state index in [1.807, 2.05) is 13.8 Å². The lowest BCUT2D eigenvalue weighted by atomic mass is 9.92. The smallest absolute Gasteiger partial charge is 0.241 e. The van der Waals surface area contributed by atoms with Crippen LogP contribution in [-0.4, -0.2) is 20.5 Å². The van der Waals surface area contributed by atoms with E-state index in [1.54, 1.807) is 6.92 Å². The highest BCUT2D eigenvalue weighted by atomic mass is 35.5. The minimum absolute atomic E-state index is 0.0402. The van der Waals surface area contributed by atoms with Crippen molar-refractivity contribution < 1.29 is 8.42 Å². The Bertz CT molecular complexity index is 555. The van der Waals surface area contributed by atoms with E-state index in [4.69, 9.17) is 28.9 Å². The van der Waals surface area contributed by atoms with E-state index in [0.29, 0.717) is 12.3 Å². The predicted molar refractivity (Wildman–Crippen MR) is 83.7 cm³/mol. The summed E-state index contributed by atoms with van der Waals surface area (Å²) in [6, 6.07) is 4.21. The molecule has 1 unspecified atom stereocenters. The van der Waals surface area contributed by atoms with Gasteiger partial charge in [-0.1, -0.05) is 37.0 Å². The number of benzene rings is 1. The van der Waals surface area contributed by atoms with Gasteiger partial charge in [-0.15, -0.1) is 0 Å². The minimum Gasteiger partial charge on any atom is -0.329 e. The highest BCUT2D eigenvalue weighted by molar-refractivity contribution is 7.89. The first kappa shape index (κ1) is 17.7. The van der Waals surface area contributed by atoms with E-state index in [2.05, 4.69) is 4.72 Å². The van der Waals surface area contributed by atoms with Crippen LogP contribution in [0.4, 0.5) is 0 Å². The third kappa shape index (κ3) is 4.90. The average Bonchev–Trinajstić information content (AvgIpc) is 2.25. The molecule has 1 atom stereocenters. The first-order chi connectivity index (χ1) is 9.08. The second-order valence-electron chi connectivity index (χ2n) is 5.57. The number of rotatable bonds is 6. The molecule has 0 bridgehead atoms. The Hall–Kier alpha value is -0.330. The third-order valence-corrected chi connectivity index (χ3v) is 4.89. The highest BCUT2D eigenvalue weighted by Gasteiger charge is 2.30. The van der Waals surface area contributed by atoms with Gasteiger partial charge in [0.1, 0.15) is 0 Å². The molecule has 114 valence electrons. The number of hydrogen-bond donors (Lipinski definition) is 2. The quantitative estimate of drug-likeness (QED) is 0.837. The van der Waals surface area contributed by atoms with Gasteiger partial charge < -0.3 is 5.73 Å². The molecule has 0 fully saturated rings. The van der Waals surface area contributed by atoms with Crippen LogP contribution in [0.15, 0.2) is 23.1 Å². The molecule has 0 heterocycles. The van der Waals surface area contributed by atoms with Crippen molar-refractivity contribution in [2.45, 2.75) is 37.6 Å². The van der Waals surface area contributed by atoms with E-state index in [0.717, 1.165) is 0 Å². The molecule has 4 nitrogen and oxygen atoms in total. The lowest BCUT2D eigenvalue weighted by Crippen LogP contribution is -2.51. The van der Waals surface area contributed by atoms with Gasteiger partial charge in [0.2, 0.25) is 10.0 Å². The number of halogens is 2. The number of sulfonamides is 1. The summed E-state index contributed by atoms with van der Waals surface area (Å²) in [4.78, 5) is 0.0402. The van der Waals surface area contributed by atoms with Crippen molar-refractivity contribution in [2.24, 2.45) is 11.7 Å². The van der Waals surface area contributed by atoms with E-state index in [1.165, 1.54) is 18.2 Å². The van der Waals surface area contributed by atoms with E-state index < -0.39 is 15.6 Å². The molecule has 0 amide bonds. The molecule has 0 spiro atoms. The summed E-state index contributed by atoms with van der Waals surface area (Å²) in [6.07, 6.45) is 0.636. The largest absolute Gasteiger partial charge is 0.329 e. The van der Waals surface area contributed by atoms with Crippen molar-refractivity contribution in [3.8, 4) is 0 Å². The zero-order valence-corrected chi connectivity index (χ0v) is 14.1. The second kappa shape index (κ2) is 6.62. The summed E-state index contributed by atoms with van der Waals surface area (Å²) >= 11 is 11.7. The SMILES string of the molecule is CC(C)CC(C)(CN)NS(=O)(=O)c1cc(Cl)cc(Cl)c1. The zero-order chi connectivity index (χ0) is 15.6. The van der Waals surface area contributed by atoms with E-state index in [-0.39, 0.29) is 21.5 Å². The van der Waals surface area contributed by atoms with Gasteiger partial charge in [-0.25, -0.2) is 13.1 Å². The van der Waals surface area contributed by atoms with E-state index in [9.17, 15) is 8.42 Å². The number of nitrogens with one attached hydrogen (secondary N) is 1. The van der Waals surface area contributed by atoms with Gasteiger partial charge in [-0.2, -0.15) is 0 Å². The fraction of sp³-hybridized carbons (Fsp3) is 0.538. The lowest BCUT2D eigenvalue weighted by molar-refractivity contribution is 0.344. The Morgan fingerprint density at radius 3 is 2.15 bits per heavy atom. The van der Waals surface area contributed by atoms with Crippen molar-refractivity contribution in [1.82, 2.24) is 4.72 Å². The van der Waals surface area contributed by atoms with Crippen LogP contribution >= 0.6 is 23.2 Å². The summed E-state index contributed by atoms with van der Waals surface area (Å²) in [7, 11) is -3.72. The summed E-state index contributed by atoms with van der Waals surface area (Å²) in [5.41, 5.74) is 5.01. The topological polar surface area (TPSA) is 72.2 Å². The van der Waals surface area contributed by atoms with Gasteiger partial charge in [-0.3, -0.25) is 0 Å². The van der Waals surface area contributed by atoms with Gasteiger partial charge in [0.15, 0.2) is 0 Å². The van der Waals surface area contributed by atoms with Crippen molar-refractivity contribution in [3.05, 3.63) is 28.2 Å². The Morgan fingerprint density at radius 1 is 1.25 bits per heavy atom. The minimum atomic E-state index is -3.72. The van der Waals surface area contributed by atoms with Crippen LogP contribution in [0, 0.1) is 5.92 Å². The molecule has 0 aliphatic heterocycles. The molecule has 7 heteroatoms. The lowest BCUT2D eigenvalue weighted by Gasteiger charge is -2.30. The molecule has 0 aliphatic rings. The zero-order valence-electron chi connectivity index (χ0n) is 11.8. The molecule has 1 rings (SSSR count). The van der Waals surface area contributed by atoms with Gasteiger partial charge in [0.25, 0.3) is 0 Å². The Balaban J connectivity index is 3.10. The summed E-state index contributed by atoms with van der Waals surface area (Å²) in [6.45, 7) is 6.02. The summed E-state index contributed by atoms with van der Waals surface area (Å²) < 4.78 is 27.5. The van der Waals surface area contributed by atoms with Gasteiger partial charge in [-0.05, 0) is 37.5 Å². The van der Waals surface area contributed by atoms with Crippen molar-refractivity contribution in [2.75, 3.05) is 6.54 Å². The van der Waals surface area contributed by atoms with Gasteiger partial charge >= 0.3 is 0 Å². The molecule has 1 aromatic rings.